The van der Waals surface area contributed by atoms with Gasteiger partial charge in [-0.1, -0.05) is 23.5 Å². The number of methoxy groups -OCH3 is 1. The van der Waals surface area contributed by atoms with Crippen molar-refractivity contribution in [2.24, 2.45) is 7.05 Å². The van der Waals surface area contributed by atoms with E-state index in [4.69, 9.17) is 14.6 Å². The zero-order valence-corrected chi connectivity index (χ0v) is 16.6. The van der Waals surface area contributed by atoms with E-state index in [-0.39, 0.29) is 23.2 Å². The third-order valence-electron chi connectivity index (χ3n) is 3.70. The lowest BCUT2D eigenvalue weighted by Crippen LogP contribution is -2.34. The first-order valence-corrected chi connectivity index (χ1v) is 10.3. The Morgan fingerprint density at radius 3 is 2.86 bits per heavy atom. The maximum atomic E-state index is 12.7. The van der Waals surface area contributed by atoms with Crippen molar-refractivity contribution in [1.82, 2.24) is 14.3 Å². The van der Waals surface area contributed by atoms with Crippen LogP contribution in [0.4, 0.5) is 9.93 Å². The highest BCUT2D eigenvalue weighted by molar-refractivity contribution is 7.90. The van der Waals surface area contributed by atoms with E-state index in [9.17, 15) is 13.2 Å². The van der Waals surface area contributed by atoms with E-state index < -0.39 is 16.1 Å². The minimum Gasteiger partial charge on any atom is -0.489 e. The van der Waals surface area contributed by atoms with E-state index >= 15 is 0 Å². The Morgan fingerprint density at radius 1 is 1.39 bits per heavy atom. The Kier molecular flexibility index (Phi) is 5.72. The summed E-state index contributed by atoms with van der Waals surface area (Å²) in [6, 6.07) is 3.97. The van der Waals surface area contributed by atoms with Gasteiger partial charge >= 0.3 is 6.03 Å². The lowest BCUT2D eigenvalue weighted by molar-refractivity contribution is 0.202. The normalized spacial score (nSPS) is 11.4. The van der Waals surface area contributed by atoms with Gasteiger partial charge in [-0.2, -0.15) is 0 Å². The van der Waals surface area contributed by atoms with Crippen LogP contribution in [0, 0.1) is 0 Å². The van der Waals surface area contributed by atoms with Gasteiger partial charge in [-0.15, -0.1) is 0 Å². The van der Waals surface area contributed by atoms with Crippen molar-refractivity contribution >= 4 is 43.4 Å². The Labute approximate surface area is 164 Å². The number of amides is 2. The molecule has 3 rings (SSSR count). The van der Waals surface area contributed by atoms with Crippen LogP contribution in [0.15, 0.2) is 35.5 Å². The molecule has 12 heteroatoms. The zero-order valence-electron chi connectivity index (χ0n) is 15.0. The van der Waals surface area contributed by atoms with Crippen molar-refractivity contribution in [2.75, 3.05) is 25.6 Å². The molecular weight excluding hydrogens is 408 g/mol. The molecule has 0 aliphatic rings. The number of anilines is 1. The van der Waals surface area contributed by atoms with Gasteiger partial charge in [-0.25, -0.2) is 22.9 Å². The first-order chi connectivity index (χ1) is 13.4. The second kappa shape index (κ2) is 8.04. The van der Waals surface area contributed by atoms with Crippen LogP contribution >= 0.6 is 11.3 Å². The third-order valence-corrected chi connectivity index (χ3v) is 5.93. The van der Waals surface area contributed by atoms with Crippen molar-refractivity contribution in [1.29, 1.82) is 0 Å². The summed E-state index contributed by atoms with van der Waals surface area (Å²) in [5.41, 5.74) is 0.529. The Balaban J connectivity index is 1.87. The predicted octanol–water partition coefficient (Wildman–Crippen LogP) is 1.52. The molecule has 3 N–H and O–H groups in total. The number of carbonyl (C=O) groups excluding carboxylic acids is 1. The van der Waals surface area contributed by atoms with Crippen molar-refractivity contribution in [3.8, 4) is 10.8 Å². The highest BCUT2D eigenvalue weighted by Gasteiger charge is 2.24. The molecule has 2 aromatic heterocycles. The van der Waals surface area contributed by atoms with Crippen LogP contribution < -0.4 is 19.5 Å². The van der Waals surface area contributed by atoms with Crippen LogP contribution in [-0.2, 0) is 17.1 Å². The SMILES string of the molecule is COc1cnc(NC(=O)NS(=O)(=O)c2cn(C)c3c(OCCO)cccc23)s1. The fourth-order valence-electron chi connectivity index (χ4n) is 2.59. The standard InChI is InChI=1S/C16H18N4O6S2/c1-20-9-12(10-4-3-5-11(14(10)20)26-7-6-21)28(23,24)19-15(22)18-16-17-8-13(25-2)27-16/h3-5,8-9,21H,6-7H2,1-2H3,(H2,17,18,19,22). The molecule has 2 amide bonds. The molecule has 0 aliphatic heterocycles. The molecule has 150 valence electrons. The highest BCUT2D eigenvalue weighted by atomic mass is 32.2. The predicted molar refractivity (Wildman–Crippen MR) is 104 cm³/mol. The van der Waals surface area contributed by atoms with E-state index in [0.717, 1.165) is 11.3 Å². The van der Waals surface area contributed by atoms with Crippen molar-refractivity contribution in [2.45, 2.75) is 4.90 Å². The molecule has 10 nitrogen and oxygen atoms in total. The van der Waals surface area contributed by atoms with E-state index in [1.807, 2.05) is 4.72 Å². The van der Waals surface area contributed by atoms with Gasteiger partial charge < -0.3 is 19.1 Å². The van der Waals surface area contributed by atoms with Crippen LogP contribution in [0.2, 0.25) is 0 Å². The molecule has 0 radical (unpaired) electrons. The zero-order chi connectivity index (χ0) is 20.3. The van der Waals surface area contributed by atoms with Crippen LogP contribution in [0.3, 0.4) is 0 Å². The summed E-state index contributed by atoms with van der Waals surface area (Å²) < 4.78 is 39.5. The number of benzene rings is 1. The summed E-state index contributed by atoms with van der Waals surface area (Å²) >= 11 is 1.06. The van der Waals surface area contributed by atoms with Crippen LogP contribution in [0.1, 0.15) is 0 Å². The Morgan fingerprint density at radius 2 is 2.18 bits per heavy atom. The second-order valence-electron chi connectivity index (χ2n) is 5.58. The first kappa shape index (κ1) is 19.9. The number of fused-ring (bicyclic) bond motifs is 1. The number of aliphatic hydroxyl groups excluding tert-OH is 1. The van der Waals surface area contributed by atoms with Crippen LogP contribution in [0.25, 0.3) is 10.9 Å². The van der Waals surface area contributed by atoms with Crippen LogP contribution in [-0.4, -0.2) is 49.4 Å². The number of nitrogens with one attached hydrogen (secondary N) is 2. The topological polar surface area (TPSA) is 132 Å². The van der Waals surface area contributed by atoms with Gasteiger partial charge in [0.05, 0.1) is 25.4 Å². The van der Waals surface area contributed by atoms with Crippen molar-refractivity contribution in [3.63, 3.8) is 0 Å². The largest absolute Gasteiger partial charge is 0.489 e. The van der Waals surface area contributed by atoms with E-state index in [1.165, 1.54) is 19.5 Å². The molecule has 0 atom stereocenters. The van der Waals surface area contributed by atoms with E-state index in [2.05, 4.69) is 10.3 Å². The van der Waals surface area contributed by atoms with Gasteiger partial charge in [0.2, 0.25) is 0 Å². The molecule has 0 saturated heterocycles. The molecule has 0 aliphatic carbocycles. The monoisotopic (exact) mass is 426 g/mol. The molecule has 0 bridgehead atoms. The van der Waals surface area contributed by atoms with Crippen LogP contribution in [0.5, 0.6) is 10.8 Å². The van der Waals surface area contributed by atoms with E-state index in [1.54, 1.807) is 29.8 Å². The average Bonchev–Trinajstić information content (AvgIpc) is 3.24. The molecular formula is C16H18N4O6S2. The third kappa shape index (κ3) is 4.03. The fraction of sp³-hybridized carbons (Fsp3) is 0.250. The summed E-state index contributed by atoms with van der Waals surface area (Å²) in [6.07, 6.45) is 2.80. The summed E-state index contributed by atoms with van der Waals surface area (Å²) in [4.78, 5) is 15.9. The molecule has 0 fully saturated rings. The number of aliphatic hydroxyl groups is 1. The summed E-state index contributed by atoms with van der Waals surface area (Å²) in [7, 11) is -1.04. The Hall–Kier alpha value is -2.83. The number of rotatable bonds is 7. The number of carbonyl (C=O) groups is 1. The highest BCUT2D eigenvalue weighted by Crippen LogP contribution is 2.32. The smallest absolute Gasteiger partial charge is 0.334 e. The number of para-hydroxylation sites is 1. The number of hydrogen-bond acceptors (Lipinski definition) is 8. The molecule has 3 aromatic rings. The minimum atomic E-state index is -4.16. The lowest BCUT2D eigenvalue weighted by Gasteiger charge is -2.08. The van der Waals surface area contributed by atoms with Gasteiger partial charge in [0.15, 0.2) is 10.2 Å². The number of ether oxygens (including phenoxy) is 2. The number of urea groups is 1. The van der Waals surface area contributed by atoms with Crippen molar-refractivity contribution in [3.05, 3.63) is 30.6 Å². The van der Waals surface area contributed by atoms with Crippen molar-refractivity contribution < 1.29 is 27.8 Å². The molecule has 0 spiro atoms. The lowest BCUT2D eigenvalue weighted by atomic mass is 10.2. The fourth-order valence-corrected chi connectivity index (χ4v) is 4.38. The molecule has 2 heterocycles. The van der Waals surface area contributed by atoms with Gasteiger partial charge in [-0.3, -0.25) is 5.32 Å². The quantitative estimate of drug-likeness (QED) is 0.522. The van der Waals surface area contributed by atoms with Gasteiger partial charge in [0.25, 0.3) is 10.0 Å². The maximum absolute atomic E-state index is 12.7. The Bertz CT molecular complexity index is 1110. The van der Waals surface area contributed by atoms with Gasteiger partial charge in [0, 0.05) is 18.6 Å². The minimum absolute atomic E-state index is 0.0737. The number of sulfonamides is 1. The average molecular weight is 426 g/mol. The summed E-state index contributed by atoms with van der Waals surface area (Å²) in [5, 5.41) is 12.4. The number of aromatic nitrogens is 2. The molecule has 0 saturated carbocycles. The first-order valence-electron chi connectivity index (χ1n) is 8.01. The summed E-state index contributed by atoms with van der Waals surface area (Å²) in [6.45, 7) is -0.0977. The van der Waals surface area contributed by atoms with E-state index in [0.29, 0.717) is 21.7 Å². The molecule has 1 aromatic carbocycles. The maximum Gasteiger partial charge on any atom is 0.334 e. The number of hydrogen-bond donors (Lipinski definition) is 3. The van der Waals surface area contributed by atoms with Gasteiger partial charge in [0.1, 0.15) is 17.3 Å². The summed E-state index contributed by atoms with van der Waals surface area (Å²) in [5.74, 6) is 0.426. The number of thiazole rings is 1. The van der Waals surface area contributed by atoms with Gasteiger partial charge in [-0.05, 0) is 6.07 Å². The number of nitrogens with zero attached hydrogens (tertiary/aromatic N) is 2. The molecule has 0 unspecified atom stereocenters. The second-order valence-corrected chi connectivity index (χ2v) is 8.22. The molecule has 28 heavy (non-hydrogen) atoms. The number of aryl methyl sites for hydroxylation is 1.